The van der Waals surface area contributed by atoms with Crippen LogP contribution in [0, 0.1) is 0 Å². The van der Waals surface area contributed by atoms with Crippen LogP contribution in [-0.2, 0) is 0 Å². The molecule has 0 saturated heterocycles. The van der Waals surface area contributed by atoms with Gasteiger partial charge in [-0.1, -0.05) is 18.2 Å². The molecule has 1 aromatic carbocycles. The molecule has 0 N–H and O–H groups in total. The Morgan fingerprint density at radius 2 is 1.39 bits per heavy atom. The normalized spacial score (nSPS) is 14.4. The lowest BCUT2D eigenvalue weighted by atomic mass is 9.87. The largest absolute Gasteiger partial charge is 0.454 e. The molecule has 4 aromatic heterocycles. The Morgan fingerprint density at radius 1 is 0.788 bits per heavy atom. The minimum atomic E-state index is -0.653. The highest BCUT2D eigenvalue weighted by Crippen LogP contribution is 2.46. The number of pyridine rings is 2. The van der Waals surface area contributed by atoms with Crippen molar-refractivity contribution in [2.45, 2.75) is 16.0 Å². The van der Waals surface area contributed by atoms with Crippen molar-refractivity contribution in [3.8, 4) is 11.5 Å². The maximum Gasteiger partial charge on any atom is 0.263 e. The topological polar surface area (TPSA) is 87.2 Å². The van der Waals surface area contributed by atoms with Crippen molar-refractivity contribution in [1.29, 1.82) is 0 Å². The highest BCUT2D eigenvalue weighted by atomic mass is 32.2. The van der Waals surface area contributed by atoms with Gasteiger partial charge in [-0.05, 0) is 53.7 Å². The van der Waals surface area contributed by atoms with Crippen LogP contribution in [-0.4, -0.2) is 25.6 Å². The third-order valence-electron chi connectivity index (χ3n) is 5.97. The minimum Gasteiger partial charge on any atom is -0.454 e. The number of fused-ring (bicyclic) bond motifs is 5. The van der Waals surface area contributed by atoms with Crippen molar-refractivity contribution in [2.24, 2.45) is 0 Å². The summed E-state index contributed by atoms with van der Waals surface area (Å²) in [6, 6.07) is 16.3. The van der Waals surface area contributed by atoms with Crippen LogP contribution in [0.2, 0.25) is 0 Å². The van der Waals surface area contributed by atoms with E-state index < -0.39 is 5.92 Å². The second kappa shape index (κ2) is 6.69. The summed E-state index contributed by atoms with van der Waals surface area (Å²) in [4.78, 5) is 36.9. The van der Waals surface area contributed by atoms with Gasteiger partial charge in [-0.3, -0.25) is 18.4 Å². The first kappa shape index (κ1) is 18.5. The number of benzene rings is 1. The molecule has 0 saturated carbocycles. The molecule has 2 aliphatic heterocycles. The molecule has 0 atom stereocenters. The predicted molar refractivity (Wildman–Crippen MR) is 121 cm³/mol. The van der Waals surface area contributed by atoms with Gasteiger partial charge in [0, 0.05) is 12.4 Å². The SMILES string of the molecule is O=c1c2c(nc3ccccn13)Sc1nc3ccccn3c(=O)c1C2c1ccc2c(c1)OCO2. The van der Waals surface area contributed by atoms with Gasteiger partial charge in [0.2, 0.25) is 6.79 Å². The van der Waals surface area contributed by atoms with E-state index in [1.165, 1.54) is 20.6 Å². The molecule has 0 spiro atoms. The van der Waals surface area contributed by atoms with E-state index in [0.29, 0.717) is 44.0 Å². The highest BCUT2D eigenvalue weighted by molar-refractivity contribution is 7.99. The molecule has 33 heavy (non-hydrogen) atoms. The number of nitrogens with zero attached hydrogens (tertiary/aromatic N) is 4. The highest BCUT2D eigenvalue weighted by Gasteiger charge is 2.36. The molecule has 6 heterocycles. The zero-order valence-corrected chi connectivity index (χ0v) is 17.8. The van der Waals surface area contributed by atoms with Gasteiger partial charge in [-0.2, -0.15) is 0 Å². The summed E-state index contributed by atoms with van der Waals surface area (Å²) in [7, 11) is 0. The third-order valence-corrected chi connectivity index (χ3v) is 6.98. The lowest BCUT2D eigenvalue weighted by Gasteiger charge is -2.26. The summed E-state index contributed by atoms with van der Waals surface area (Å²) in [6.45, 7) is 0.135. The van der Waals surface area contributed by atoms with Crippen LogP contribution in [0.3, 0.4) is 0 Å². The Hall–Kier alpha value is -4.11. The molecule has 0 bridgehead atoms. The van der Waals surface area contributed by atoms with Crippen LogP contribution in [0.15, 0.2) is 86.6 Å². The Kier molecular flexibility index (Phi) is 3.74. The second-order valence-electron chi connectivity index (χ2n) is 7.78. The lowest BCUT2D eigenvalue weighted by Crippen LogP contribution is -2.32. The molecule has 9 heteroatoms. The Bertz CT molecular complexity index is 1640. The maximum atomic E-state index is 13.7. The molecule has 5 aromatic rings. The first-order valence-corrected chi connectivity index (χ1v) is 11.1. The fourth-order valence-corrected chi connectivity index (χ4v) is 5.57. The molecule has 0 fully saturated rings. The van der Waals surface area contributed by atoms with Crippen molar-refractivity contribution in [2.75, 3.05) is 6.79 Å². The van der Waals surface area contributed by atoms with E-state index in [4.69, 9.17) is 19.4 Å². The van der Waals surface area contributed by atoms with Gasteiger partial charge in [0.25, 0.3) is 11.1 Å². The molecule has 0 radical (unpaired) electrons. The summed E-state index contributed by atoms with van der Waals surface area (Å²) in [5.74, 6) is 0.558. The molecular formula is C24H14N4O4S. The molecule has 0 aliphatic carbocycles. The Balaban J connectivity index is 1.60. The average molecular weight is 454 g/mol. The molecule has 0 unspecified atom stereocenters. The maximum absolute atomic E-state index is 13.7. The van der Waals surface area contributed by atoms with E-state index >= 15 is 0 Å². The molecular weight excluding hydrogens is 440 g/mol. The van der Waals surface area contributed by atoms with E-state index in [0.717, 1.165) is 5.56 Å². The number of ether oxygens (including phenoxy) is 2. The van der Waals surface area contributed by atoms with E-state index in [2.05, 4.69) is 0 Å². The van der Waals surface area contributed by atoms with Crippen LogP contribution < -0.4 is 20.6 Å². The third kappa shape index (κ3) is 2.59. The van der Waals surface area contributed by atoms with Crippen molar-refractivity contribution >= 4 is 23.1 Å². The summed E-state index contributed by atoms with van der Waals surface area (Å²) < 4.78 is 14.1. The van der Waals surface area contributed by atoms with Crippen LogP contribution in [0.25, 0.3) is 11.3 Å². The van der Waals surface area contributed by atoms with Crippen LogP contribution in [0.1, 0.15) is 22.6 Å². The van der Waals surface area contributed by atoms with Gasteiger partial charge < -0.3 is 9.47 Å². The second-order valence-corrected chi connectivity index (χ2v) is 8.75. The fourth-order valence-electron chi connectivity index (χ4n) is 4.48. The minimum absolute atomic E-state index is 0.135. The number of hydrogen-bond donors (Lipinski definition) is 0. The fraction of sp³-hybridized carbons (Fsp3) is 0.0833. The van der Waals surface area contributed by atoms with Gasteiger partial charge >= 0.3 is 0 Å². The van der Waals surface area contributed by atoms with Gasteiger partial charge in [0.15, 0.2) is 11.5 Å². The number of rotatable bonds is 1. The van der Waals surface area contributed by atoms with Gasteiger partial charge in [0.05, 0.1) is 17.0 Å². The molecule has 7 rings (SSSR count). The zero-order chi connectivity index (χ0) is 22.1. The van der Waals surface area contributed by atoms with Gasteiger partial charge in [-0.25, -0.2) is 9.97 Å². The summed E-state index contributed by atoms with van der Waals surface area (Å²) >= 11 is 1.26. The van der Waals surface area contributed by atoms with Crippen LogP contribution in [0.5, 0.6) is 11.5 Å². The average Bonchev–Trinajstić information content (AvgIpc) is 3.31. The van der Waals surface area contributed by atoms with Crippen LogP contribution >= 0.6 is 11.8 Å². The number of hydrogen-bond acceptors (Lipinski definition) is 7. The quantitative estimate of drug-likeness (QED) is 0.353. The van der Waals surface area contributed by atoms with Gasteiger partial charge in [0.1, 0.15) is 21.3 Å². The van der Waals surface area contributed by atoms with Crippen molar-refractivity contribution in [3.63, 3.8) is 0 Å². The standard InChI is InChI=1S/C24H14N4O4S/c29-23-19-18(13-7-8-14-15(11-13)32-12-31-14)20-22(26-17-6-2-4-10-28(17)24(20)30)33-21(19)25-16-5-1-3-9-27(16)23/h1-11,18H,12H2. The van der Waals surface area contributed by atoms with Crippen molar-refractivity contribution in [1.82, 2.24) is 18.8 Å². The van der Waals surface area contributed by atoms with Crippen LogP contribution in [0.4, 0.5) is 0 Å². The van der Waals surface area contributed by atoms with E-state index in [1.54, 1.807) is 42.7 Å². The predicted octanol–water partition coefficient (Wildman–Crippen LogP) is 3.08. The first-order chi connectivity index (χ1) is 16.2. The molecule has 160 valence electrons. The van der Waals surface area contributed by atoms with E-state index in [1.807, 2.05) is 24.3 Å². The number of aromatic nitrogens is 4. The smallest absolute Gasteiger partial charge is 0.263 e. The first-order valence-electron chi connectivity index (χ1n) is 10.3. The summed E-state index contributed by atoms with van der Waals surface area (Å²) in [5, 5.41) is 1.10. The van der Waals surface area contributed by atoms with Crippen molar-refractivity contribution in [3.05, 3.63) is 104 Å². The molecule has 2 aliphatic rings. The van der Waals surface area contributed by atoms with E-state index in [9.17, 15) is 9.59 Å². The molecule has 8 nitrogen and oxygen atoms in total. The summed E-state index contributed by atoms with van der Waals surface area (Å²) in [5.41, 5.74) is 2.29. The van der Waals surface area contributed by atoms with Crippen molar-refractivity contribution < 1.29 is 9.47 Å². The Morgan fingerprint density at radius 3 is 2.03 bits per heavy atom. The van der Waals surface area contributed by atoms with Gasteiger partial charge in [-0.15, -0.1) is 0 Å². The summed E-state index contributed by atoms with van der Waals surface area (Å²) in [6.07, 6.45) is 3.38. The van der Waals surface area contributed by atoms with E-state index in [-0.39, 0.29) is 17.9 Å². The molecule has 0 amide bonds. The lowest BCUT2D eigenvalue weighted by molar-refractivity contribution is 0.174. The Labute approximate surface area is 190 Å². The monoisotopic (exact) mass is 454 g/mol. The zero-order valence-electron chi connectivity index (χ0n) is 17.0.